The minimum Gasteiger partial charge on any atom is -0.497 e. The Balaban J connectivity index is 1.44. The number of carbonyl (C=O) groups is 1. The number of aryl methyl sites for hydroxylation is 1. The molecule has 0 aliphatic carbocycles. The van der Waals surface area contributed by atoms with Crippen LogP contribution in [0.25, 0.3) is 0 Å². The Bertz CT molecular complexity index is 788. The maximum Gasteiger partial charge on any atom is 0.249 e. The second-order valence-electron chi connectivity index (χ2n) is 7.47. The average Bonchev–Trinajstić information content (AvgIpc) is 3.09. The molecule has 2 aromatic rings. The monoisotopic (exact) mass is 366 g/mol. The summed E-state index contributed by atoms with van der Waals surface area (Å²) in [6.07, 6.45) is 0.0893. The summed E-state index contributed by atoms with van der Waals surface area (Å²) in [7, 11) is 1.66. The molecule has 142 valence electrons. The Labute approximate surface area is 160 Å². The minimum absolute atomic E-state index is 0.0734. The van der Waals surface area contributed by atoms with Gasteiger partial charge in [0, 0.05) is 26.2 Å². The highest BCUT2D eigenvalue weighted by Gasteiger charge is 2.42. The molecule has 0 spiro atoms. The number of likely N-dealkylation sites (tertiary alicyclic amines) is 1. The van der Waals surface area contributed by atoms with Gasteiger partial charge in [0.05, 0.1) is 19.3 Å². The summed E-state index contributed by atoms with van der Waals surface area (Å²) < 4.78 is 11.1. The van der Waals surface area contributed by atoms with Gasteiger partial charge in [-0.1, -0.05) is 42.0 Å². The first-order valence-corrected chi connectivity index (χ1v) is 9.44. The van der Waals surface area contributed by atoms with E-state index in [-0.39, 0.29) is 24.7 Å². The fourth-order valence-electron chi connectivity index (χ4n) is 3.96. The van der Waals surface area contributed by atoms with E-state index < -0.39 is 0 Å². The van der Waals surface area contributed by atoms with Crippen LogP contribution in [0, 0.1) is 6.92 Å². The summed E-state index contributed by atoms with van der Waals surface area (Å²) in [5.41, 5.74) is 3.68. The quantitative estimate of drug-likeness (QED) is 0.816. The highest BCUT2D eigenvalue weighted by atomic mass is 16.5. The normalized spacial score (nSPS) is 22.7. The zero-order valence-corrected chi connectivity index (χ0v) is 15.9. The van der Waals surface area contributed by atoms with Crippen molar-refractivity contribution in [1.29, 1.82) is 0 Å². The van der Waals surface area contributed by atoms with Gasteiger partial charge in [0.2, 0.25) is 5.91 Å². The summed E-state index contributed by atoms with van der Waals surface area (Å²) >= 11 is 0. The van der Waals surface area contributed by atoms with E-state index in [9.17, 15) is 4.79 Å². The van der Waals surface area contributed by atoms with Gasteiger partial charge >= 0.3 is 0 Å². The molecule has 27 heavy (non-hydrogen) atoms. The molecule has 0 radical (unpaired) electrons. The number of rotatable bonds is 5. The Morgan fingerprint density at radius 2 is 1.67 bits per heavy atom. The van der Waals surface area contributed by atoms with E-state index in [4.69, 9.17) is 9.47 Å². The van der Waals surface area contributed by atoms with Crippen LogP contribution in [0.15, 0.2) is 48.5 Å². The van der Waals surface area contributed by atoms with Crippen molar-refractivity contribution in [3.05, 3.63) is 65.2 Å². The number of ether oxygens (including phenoxy) is 2. The van der Waals surface area contributed by atoms with Crippen molar-refractivity contribution in [1.82, 2.24) is 9.80 Å². The van der Waals surface area contributed by atoms with Crippen LogP contribution in [0.4, 0.5) is 0 Å². The smallest absolute Gasteiger partial charge is 0.249 e. The van der Waals surface area contributed by atoms with Crippen molar-refractivity contribution in [2.45, 2.75) is 32.2 Å². The molecule has 5 heteroatoms. The van der Waals surface area contributed by atoms with Crippen molar-refractivity contribution in [2.75, 3.05) is 26.8 Å². The molecule has 0 N–H and O–H groups in total. The summed E-state index contributed by atoms with van der Waals surface area (Å²) in [5.74, 6) is 0.902. The number of benzene rings is 2. The largest absolute Gasteiger partial charge is 0.497 e. The molecule has 2 fully saturated rings. The van der Waals surface area contributed by atoms with Crippen LogP contribution in [-0.2, 0) is 22.6 Å². The lowest BCUT2D eigenvalue weighted by atomic mass is 10.1. The van der Waals surface area contributed by atoms with E-state index in [2.05, 4.69) is 36.1 Å². The summed E-state index contributed by atoms with van der Waals surface area (Å²) in [6, 6.07) is 16.7. The lowest BCUT2D eigenvalue weighted by molar-refractivity contribution is -0.153. The molecule has 0 bridgehead atoms. The predicted octanol–water partition coefficient (Wildman–Crippen LogP) is 2.62. The Morgan fingerprint density at radius 3 is 2.37 bits per heavy atom. The van der Waals surface area contributed by atoms with Crippen molar-refractivity contribution < 1.29 is 14.3 Å². The zero-order chi connectivity index (χ0) is 18.8. The molecule has 2 aromatic carbocycles. The second kappa shape index (κ2) is 7.71. The van der Waals surface area contributed by atoms with Crippen LogP contribution >= 0.6 is 0 Å². The fraction of sp³-hybridized carbons (Fsp3) is 0.409. The Morgan fingerprint density at radius 1 is 1.00 bits per heavy atom. The van der Waals surface area contributed by atoms with Gasteiger partial charge in [0.15, 0.2) is 0 Å². The van der Waals surface area contributed by atoms with Gasteiger partial charge in [-0.3, -0.25) is 9.69 Å². The van der Waals surface area contributed by atoms with Gasteiger partial charge < -0.3 is 14.4 Å². The van der Waals surface area contributed by atoms with Crippen LogP contribution in [0.3, 0.4) is 0 Å². The van der Waals surface area contributed by atoms with Crippen molar-refractivity contribution in [3.8, 4) is 5.75 Å². The number of nitrogens with zero attached hydrogens (tertiary/aromatic N) is 2. The molecule has 0 saturated carbocycles. The molecule has 2 aliphatic rings. The molecule has 2 heterocycles. The summed E-state index contributed by atoms with van der Waals surface area (Å²) in [5, 5.41) is 0. The first-order chi connectivity index (χ1) is 13.1. The number of hydrogen-bond donors (Lipinski definition) is 0. The number of hydrogen-bond acceptors (Lipinski definition) is 4. The van der Waals surface area contributed by atoms with Crippen LogP contribution in [0.1, 0.15) is 16.7 Å². The van der Waals surface area contributed by atoms with Gasteiger partial charge in [0.1, 0.15) is 12.4 Å². The summed E-state index contributed by atoms with van der Waals surface area (Å²) in [4.78, 5) is 16.9. The van der Waals surface area contributed by atoms with Crippen molar-refractivity contribution in [3.63, 3.8) is 0 Å². The van der Waals surface area contributed by atoms with Crippen LogP contribution in [-0.4, -0.2) is 54.7 Å². The van der Waals surface area contributed by atoms with E-state index in [1.165, 1.54) is 11.1 Å². The van der Waals surface area contributed by atoms with Crippen LogP contribution in [0.5, 0.6) is 5.75 Å². The maximum atomic E-state index is 12.5. The van der Waals surface area contributed by atoms with Gasteiger partial charge in [-0.2, -0.15) is 0 Å². The maximum absolute atomic E-state index is 12.5. The number of methoxy groups -OCH3 is 1. The number of carbonyl (C=O) groups excluding carboxylic acids is 1. The highest BCUT2D eigenvalue weighted by Crippen LogP contribution is 2.27. The highest BCUT2D eigenvalue weighted by molar-refractivity contribution is 5.78. The van der Waals surface area contributed by atoms with E-state index >= 15 is 0 Å². The van der Waals surface area contributed by atoms with Crippen LogP contribution < -0.4 is 4.74 Å². The predicted molar refractivity (Wildman–Crippen MR) is 104 cm³/mol. The van der Waals surface area contributed by atoms with E-state index in [0.29, 0.717) is 6.54 Å². The first kappa shape index (κ1) is 18.0. The third-order valence-electron chi connectivity index (χ3n) is 5.49. The number of amides is 1. The van der Waals surface area contributed by atoms with E-state index in [0.717, 1.165) is 30.9 Å². The molecule has 2 unspecified atom stereocenters. The summed E-state index contributed by atoms with van der Waals surface area (Å²) in [6.45, 7) is 5.50. The molecule has 2 aliphatic heterocycles. The lowest BCUT2D eigenvalue weighted by Gasteiger charge is -2.36. The molecule has 1 amide bonds. The minimum atomic E-state index is 0.0734. The lowest BCUT2D eigenvalue weighted by Crippen LogP contribution is -2.53. The van der Waals surface area contributed by atoms with Crippen molar-refractivity contribution >= 4 is 5.91 Å². The molecule has 5 nitrogen and oxygen atoms in total. The third-order valence-corrected chi connectivity index (χ3v) is 5.49. The molecule has 2 atom stereocenters. The molecule has 0 aromatic heterocycles. The van der Waals surface area contributed by atoms with Gasteiger partial charge in [-0.05, 0) is 30.2 Å². The SMILES string of the molecule is COc1ccc(CN2C(=O)COC3CN(Cc4ccc(C)cc4)CC32)cc1. The van der Waals surface area contributed by atoms with Gasteiger partial charge in [-0.25, -0.2) is 0 Å². The average molecular weight is 366 g/mol. The third kappa shape index (κ3) is 3.99. The first-order valence-electron chi connectivity index (χ1n) is 9.44. The fourth-order valence-corrected chi connectivity index (χ4v) is 3.96. The molecular formula is C22H26N2O3. The van der Waals surface area contributed by atoms with Crippen molar-refractivity contribution in [2.24, 2.45) is 0 Å². The Kier molecular flexibility index (Phi) is 5.14. The zero-order valence-electron chi connectivity index (χ0n) is 15.9. The van der Waals surface area contributed by atoms with Gasteiger partial charge in [0.25, 0.3) is 0 Å². The number of morpholine rings is 1. The van der Waals surface area contributed by atoms with Crippen LogP contribution in [0.2, 0.25) is 0 Å². The topological polar surface area (TPSA) is 42.0 Å². The molecule has 4 rings (SSSR count). The van der Waals surface area contributed by atoms with E-state index in [1.54, 1.807) is 7.11 Å². The standard InChI is InChI=1S/C22H26N2O3/c1-16-3-5-17(6-4-16)11-23-13-20-21(14-23)27-15-22(25)24(20)12-18-7-9-19(26-2)10-8-18/h3-10,20-21H,11-15H2,1-2H3. The molecule has 2 saturated heterocycles. The molecular weight excluding hydrogens is 340 g/mol. The second-order valence-corrected chi connectivity index (χ2v) is 7.47. The number of fused-ring (bicyclic) bond motifs is 1. The van der Waals surface area contributed by atoms with Gasteiger partial charge in [-0.15, -0.1) is 0 Å². The van der Waals surface area contributed by atoms with E-state index in [1.807, 2.05) is 29.2 Å². The Hall–Kier alpha value is -2.37.